The largest absolute Gasteiger partial charge is 0.506 e. The topological polar surface area (TPSA) is 92.5 Å². The molecule has 0 unspecified atom stereocenters. The van der Waals surface area contributed by atoms with Crippen molar-refractivity contribution in [2.75, 3.05) is 5.32 Å². The normalized spacial score (nSPS) is 10.2. The first-order valence-electron chi connectivity index (χ1n) is 5.93. The maximum atomic E-state index is 12.2. The number of aromatic hydroxyl groups is 1. The number of nitro benzene ring substituents is 1. The number of rotatable bonds is 3. The summed E-state index contributed by atoms with van der Waals surface area (Å²) in [6.07, 6.45) is 0. The molecule has 108 valence electrons. The molecule has 0 fully saturated rings. The fourth-order valence-corrected chi connectivity index (χ4v) is 2.17. The van der Waals surface area contributed by atoms with E-state index in [2.05, 4.69) is 21.2 Å². The number of amides is 1. The molecule has 2 rings (SSSR count). The highest BCUT2D eigenvalue weighted by Gasteiger charge is 2.15. The monoisotopic (exact) mass is 350 g/mol. The molecule has 0 aliphatic heterocycles. The lowest BCUT2D eigenvalue weighted by atomic mass is 10.1. The number of hydrogen-bond acceptors (Lipinski definition) is 4. The third-order valence-electron chi connectivity index (χ3n) is 2.81. The number of nitro groups is 1. The molecule has 0 spiro atoms. The van der Waals surface area contributed by atoms with Gasteiger partial charge in [-0.1, -0.05) is 11.6 Å². The van der Waals surface area contributed by atoms with Gasteiger partial charge in [-0.15, -0.1) is 0 Å². The van der Waals surface area contributed by atoms with Crippen LogP contribution in [0.2, 0.25) is 0 Å². The summed E-state index contributed by atoms with van der Waals surface area (Å²) < 4.78 is 0.593. The van der Waals surface area contributed by atoms with Crippen LogP contribution in [0.3, 0.4) is 0 Å². The maximum Gasteiger partial charge on any atom is 0.271 e. The summed E-state index contributed by atoms with van der Waals surface area (Å²) in [6.45, 7) is 1.84. The summed E-state index contributed by atoms with van der Waals surface area (Å²) >= 11 is 3.27. The second-order valence-corrected chi connectivity index (χ2v) is 5.25. The average molecular weight is 351 g/mol. The van der Waals surface area contributed by atoms with E-state index in [0.29, 0.717) is 10.0 Å². The minimum Gasteiger partial charge on any atom is -0.506 e. The molecule has 2 aromatic rings. The number of carbonyl (C=O) groups is 1. The van der Waals surface area contributed by atoms with Crippen molar-refractivity contribution in [3.05, 3.63) is 62.1 Å². The van der Waals surface area contributed by atoms with Crippen LogP contribution in [0, 0.1) is 17.0 Å². The summed E-state index contributed by atoms with van der Waals surface area (Å²) in [7, 11) is 0. The zero-order valence-corrected chi connectivity index (χ0v) is 12.5. The summed E-state index contributed by atoms with van der Waals surface area (Å²) in [5.74, 6) is -0.709. The van der Waals surface area contributed by atoms with Crippen molar-refractivity contribution in [3.63, 3.8) is 0 Å². The van der Waals surface area contributed by atoms with Crippen molar-refractivity contribution in [3.8, 4) is 5.75 Å². The molecule has 1 amide bonds. The second-order valence-electron chi connectivity index (χ2n) is 4.40. The van der Waals surface area contributed by atoms with Gasteiger partial charge in [0.1, 0.15) is 5.75 Å². The zero-order valence-electron chi connectivity index (χ0n) is 11.0. The molecule has 2 N–H and O–H groups in total. The first-order valence-corrected chi connectivity index (χ1v) is 6.72. The summed E-state index contributed by atoms with van der Waals surface area (Å²) in [4.78, 5) is 22.3. The van der Waals surface area contributed by atoms with E-state index in [1.54, 1.807) is 12.1 Å². The van der Waals surface area contributed by atoms with Gasteiger partial charge in [-0.05, 0) is 41.1 Å². The number of carbonyl (C=O) groups excluding carboxylic acids is 1. The molecule has 7 heteroatoms. The van der Waals surface area contributed by atoms with Crippen molar-refractivity contribution in [2.24, 2.45) is 0 Å². The van der Waals surface area contributed by atoms with Crippen LogP contribution in [0.4, 0.5) is 11.4 Å². The number of aryl methyl sites for hydroxylation is 1. The molecular formula is C14H11BrN2O4. The minimum absolute atomic E-state index is 0.0115. The number of nitrogens with one attached hydrogen (secondary N) is 1. The van der Waals surface area contributed by atoms with E-state index in [-0.39, 0.29) is 17.1 Å². The highest BCUT2D eigenvalue weighted by Crippen LogP contribution is 2.29. The lowest BCUT2D eigenvalue weighted by Crippen LogP contribution is -2.13. The Morgan fingerprint density at radius 2 is 2.00 bits per heavy atom. The van der Waals surface area contributed by atoms with Gasteiger partial charge in [0.05, 0.1) is 16.2 Å². The van der Waals surface area contributed by atoms with Crippen LogP contribution < -0.4 is 5.32 Å². The van der Waals surface area contributed by atoms with E-state index >= 15 is 0 Å². The van der Waals surface area contributed by atoms with Crippen LogP contribution >= 0.6 is 15.9 Å². The quantitative estimate of drug-likeness (QED) is 0.502. The second kappa shape index (κ2) is 5.92. The highest BCUT2D eigenvalue weighted by molar-refractivity contribution is 9.10. The molecule has 0 bridgehead atoms. The van der Waals surface area contributed by atoms with Crippen LogP contribution in [0.5, 0.6) is 5.75 Å². The molecule has 21 heavy (non-hydrogen) atoms. The number of phenolic OH excluding ortho intramolecular Hbond substituents is 1. The Kier molecular flexibility index (Phi) is 4.23. The number of non-ortho nitro benzene ring substituents is 1. The Balaban J connectivity index is 2.33. The van der Waals surface area contributed by atoms with E-state index < -0.39 is 10.8 Å². The van der Waals surface area contributed by atoms with Gasteiger partial charge < -0.3 is 10.4 Å². The standard InChI is InChI=1S/C14H11BrN2O4/c1-8-2-4-11(15)10(6-8)14(19)16-12-7-9(17(20)21)3-5-13(12)18/h2-7,18H,1H3,(H,16,19). The Bertz CT molecular complexity index is 731. The van der Waals surface area contributed by atoms with Crippen molar-refractivity contribution >= 4 is 33.2 Å². The fraction of sp³-hybridized carbons (Fsp3) is 0.0714. The lowest BCUT2D eigenvalue weighted by molar-refractivity contribution is -0.384. The maximum absolute atomic E-state index is 12.2. The van der Waals surface area contributed by atoms with E-state index in [9.17, 15) is 20.0 Å². The molecule has 0 atom stereocenters. The highest BCUT2D eigenvalue weighted by atomic mass is 79.9. The molecule has 2 aromatic carbocycles. The number of hydrogen-bond donors (Lipinski definition) is 2. The lowest BCUT2D eigenvalue weighted by Gasteiger charge is -2.09. The SMILES string of the molecule is Cc1ccc(Br)c(C(=O)Nc2cc([N+](=O)[O-])ccc2O)c1. The smallest absolute Gasteiger partial charge is 0.271 e. The number of phenols is 1. The Hall–Kier alpha value is -2.41. The molecule has 0 radical (unpaired) electrons. The van der Waals surface area contributed by atoms with Gasteiger partial charge in [0.15, 0.2) is 0 Å². The van der Waals surface area contributed by atoms with E-state index in [1.165, 1.54) is 6.07 Å². The van der Waals surface area contributed by atoms with Crippen molar-refractivity contribution < 1.29 is 14.8 Å². The predicted octanol–water partition coefficient (Wildman–Crippen LogP) is 3.62. The van der Waals surface area contributed by atoms with Crippen LogP contribution in [-0.2, 0) is 0 Å². The van der Waals surface area contributed by atoms with Gasteiger partial charge in [-0.2, -0.15) is 0 Å². The van der Waals surface area contributed by atoms with Crippen molar-refractivity contribution in [1.82, 2.24) is 0 Å². The van der Waals surface area contributed by atoms with Gasteiger partial charge in [0.25, 0.3) is 11.6 Å². The molecule has 0 aliphatic carbocycles. The number of anilines is 1. The minimum atomic E-state index is -0.600. The molecule has 0 aliphatic rings. The average Bonchev–Trinajstić information content (AvgIpc) is 2.43. The first kappa shape index (κ1) is 15.0. The van der Waals surface area contributed by atoms with Crippen LogP contribution in [0.25, 0.3) is 0 Å². The molecule has 0 aromatic heterocycles. The van der Waals surface area contributed by atoms with Crippen molar-refractivity contribution in [2.45, 2.75) is 6.92 Å². The summed E-state index contributed by atoms with van der Waals surface area (Å²) in [5, 5.41) is 22.9. The Morgan fingerprint density at radius 1 is 1.29 bits per heavy atom. The van der Waals surface area contributed by atoms with Crippen molar-refractivity contribution in [1.29, 1.82) is 0 Å². The Labute approximate surface area is 128 Å². The molecular weight excluding hydrogens is 340 g/mol. The number of halogens is 1. The fourth-order valence-electron chi connectivity index (χ4n) is 1.74. The van der Waals surface area contributed by atoms with Gasteiger partial charge in [0, 0.05) is 16.6 Å². The Morgan fingerprint density at radius 3 is 2.67 bits per heavy atom. The summed E-state index contributed by atoms with van der Waals surface area (Å²) in [6, 6.07) is 8.68. The van der Waals surface area contributed by atoms with Gasteiger partial charge in [-0.25, -0.2) is 0 Å². The zero-order chi connectivity index (χ0) is 15.6. The van der Waals surface area contributed by atoms with Crippen LogP contribution in [0.15, 0.2) is 40.9 Å². The van der Waals surface area contributed by atoms with Gasteiger partial charge in [0.2, 0.25) is 0 Å². The number of benzene rings is 2. The van der Waals surface area contributed by atoms with E-state index in [4.69, 9.17) is 0 Å². The van der Waals surface area contributed by atoms with E-state index in [0.717, 1.165) is 17.7 Å². The molecule has 0 saturated carbocycles. The molecule has 0 saturated heterocycles. The predicted molar refractivity (Wildman–Crippen MR) is 81.6 cm³/mol. The number of nitrogens with zero attached hydrogens (tertiary/aromatic N) is 1. The van der Waals surface area contributed by atoms with E-state index in [1.807, 2.05) is 13.0 Å². The molecule has 0 heterocycles. The van der Waals surface area contributed by atoms with Crippen LogP contribution in [0.1, 0.15) is 15.9 Å². The van der Waals surface area contributed by atoms with Gasteiger partial charge >= 0.3 is 0 Å². The third kappa shape index (κ3) is 3.38. The third-order valence-corrected chi connectivity index (χ3v) is 3.50. The molecule has 6 nitrogen and oxygen atoms in total. The van der Waals surface area contributed by atoms with Crippen LogP contribution in [-0.4, -0.2) is 15.9 Å². The summed E-state index contributed by atoms with van der Waals surface area (Å²) in [5.41, 5.74) is 1.04. The van der Waals surface area contributed by atoms with Gasteiger partial charge in [-0.3, -0.25) is 14.9 Å². The first-order chi connectivity index (χ1) is 9.88.